The van der Waals surface area contributed by atoms with E-state index in [9.17, 15) is 9.59 Å². The molecule has 2 aromatic carbocycles. The number of carbonyl (C=O) groups is 2. The van der Waals surface area contributed by atoms with Crippen molar-refractivity contribution in [3.05, 3.63) is 65.2 Å². The summed E-state index contributed by atoms with van der Waals surface area (Å²) in [6.07, 6.45) is 0. The number of amides is 1. The van der Waals surface area contributed by atoms with Crippen molar-refractivity contribution >= 4 is 23.5 Å². The summed E-state index contributed by atoms with van der Waals surface area (Å²) in [5.74, 6) is -0.305. The largest absolute Gasteiger partial charge is 0.492 e. The highest BCUT2D eigenvalue weighted by Gasteiger charge is 2.12. The molecule has 23 heavy (non-hydrogen) atoms. The Kier molecular flexibility index (Phi) is 6.44. The van der Waals surface area contributed by atoms with E-state index in [-0.39, 0.29) is 17.2 Å². The van der Waals surface area contributed by atoms with E-state index < -0.39 is 11.9 Å². The van der Waals surface area contributed by atoms with E-state index >= 15 is 0 Å². The van der Waals surface area contributed by atoms with Gasteiger partial charge in [-0.15, -0.1) is 0 Å². The van der Waals surface area contributed by atoms with Crippen LogP contribution in [0, 0.1) is 0 Å². The Morgan fingerprint density at radius 3 is 2.43 bits per heavy atom. The van der Waals surface area contributed by atoms with Crippen LogP contribution in [-0.2, 0) is 9.53 Å². The topological polar surface area (TPSA) is 64.6 Å². The number of hydrogen-bond donors (Lipinski definition) is 1. The molecule has 2 rings (SSSR count). The maximum atomic E-state index is 11.8. The average molecular weight is 334 g/mol. The molecule has 0 aliphatic rings. The van der Waals surface area contributed by atoms with Crippen LogP contribution in [0.15, 0.2) is 54.6 Å². The summed E-state index contributed by atoms with van der Waals surface area (Å²) in [6.45, 7) is 0.279. The van der Waals surface area contributed by atoms with Gasteiger partial charge in [0.25, 0.3) is 5.91 Å². The smallest absolute Gasteiger partial charge is 0.340 e. The maximum absolute atomic E-state index is 11.8. The van der Waals surface area contributed by atoms with E-state index in [2.05, 4.69) is 5.32 Å². The lowest BCUT2D eigenvalue weighted by molar-refractivity contribution is -0.124. The Bertz CT molecular complexity index is 661. The number of carbonyl (C=O) groups excluding carboxylic acids is 2. The van der Waals surface area contributed by atoms with Gasteiger partial charge in [-0.05, 0) is 24.3 Å². The lowest BCUT2D eigenvalue weighted by Crippen LogP contribution is -2.32. The monoisotopic (exact) mass is 333 g/mol. The molecule has 1 N–H and O–H groups in total. The molecule has 0 aromatic heterocycles. The van der Waals surface area contributed by atoms with Gasteiger partial charge in [-0.1, -0.05) is 41.9 Å². The molecule has 0 unspecified atom stereocenters. The predicted octanol–water partition coefficient (Wildman–Crippen LogP) is 2.69. The van der Waals surface area contributed by atoms with Crippen LogP contribution in [0.25, 0.3) is 0 Å². The number of halogens is 1. The van der Waals surface area contributed by atoms with E-state index in [4.69, 9.17) is 21.1 Å². The highest BCUT2D eigenvalue weighted by molar-refractivity contribution is 6.33. The van der Waals surface area contributed by atoms with Crippen LogP contribution in [0.2, 0.25) is 5.02 Å². The molecule has 2 aromatic rings. The van der Waals surface area contributed by atoms with Crippen LogP contribution in [-0.4, -0.2) is 31.6 Å². The zero-order chi connectivity index (χ0) is 16.5. The van der Waals surface area contributed by atoms with Gasteiger partial charge in [0.2, 0.25) is 0 Å². The summed E-state index contributed by atoms with van der Waals surface area (Å²) in [6, 6.07) is 15.8. The molecule has 1 amide bonds. The lowest BCUT2D eigenvalue weighted by atomic mass is 10.2. The maximum Gasteiger partial charge on any atom is 0.340 e. The second kappa shape index (κ2) is 8.80. The zero-order valence-electron chi connectivity index (χ0n) is 12.3. The van der Waals surface area contributed by atoms with Gasteiger partial charge >= 0.3 is 5.97 Å². The highest BCUT2D eigenvalue weighted by Crippen LogP contribution is 2.15. The average Bonchev–Trinajstić information content (AvgIpc) is 2.58. The molecule has 6 heteroatoms. The van der Waals surface area contributed by atoms with Gasteiger partial charge in [0.1, 0.15) is 12.4 Å². The van der Waals surface area contributed by atoms with E-state index in [1.165, 1.54) is 6.07 Å². The second-order valence-corrected chi connectivity index (χ2v) is 4.97. The molecule has 5 nitrogen and oxygen atoms in total. The minimum atomic E-state index is -0.633. The van der Waals surface area contributed by atoms with Gasteiger partial charge in [0.05, 0.1) is 17.1 Å². The third-order valence-corrected chi connectivity index (χ3v) is 3.19. The predicted molar refractivity (Wildman–Crippen MR) is 86.7 cm³/mol. The number of esters is 1. The molecule has 0 atom stereocenters. The van der Waals surface area contributed by atoms with Gasteiger partial charge in [0.15, 0.2) is 6.61 Å². The van der Waals surface area contributed by atoms with Crippen LogP contribution in [0.5, 0.6) is 5.75 Å². The Labute approximate surface area is 139 Å². The fraction of sp³-hybridized carbons (Fsp3) is 0.176. The summed E-state index contributed by atoms with van der Waals surface area (Å²) >= 11 is 5.88. The summed E-state index contributed by atoms with van der Waals surface area (Å²) in [5, 5.41) is 2.89. The van der Waals surface area contributed by atoms with Crippen LogP contribution in [0.1, 0.15) is 10.4 Å². The minimum absolute atomic E-state index is 0.231. The number of ether oxygens (including phenoxy) is 2. The molecule has 0 aliphatic carbocycles. The van der Waals surface area contributed by atoms with Gasteiger partial charge in [-0.3, -0.25) is 4.79 Å². The fourth-order valence-corrected chi connectivity index (χ4v) is 1.98. The third-order valence-electron chi connectivity index (χ3n) is 2.86. The van der Waals surface area contributed by atoms with Crippen LogP contribution in [0.3, 0.4) is 0 Å². The number of hydrogen-bond acceptors (Lipinski definition) is 4. The van der Waals surface area contributed by atoms with E-state index in [0.717, 1.165) is 5.75 Å². The molecular formula is C17H16ClNO4. The fourth-order valence-electron chi connectivity index (χ4n) is 1.76. The molecule has 0 bridgehead atoms. The lowest BCUT2D eigenvalue weighted by Gasteiger charge is -2.08. The van der Waals surface area contributed by atoms with E-state index in [1.54, 1.807) is 18.2 Å². The molecule has 0 saturated heterocycles. The van der Waals surface area contributed by atoms with Crippen molar-refractivity contribution in [3.63, 3.8) is 0 Å². The molecule has 0 fully saturated rings. The Morgan fingerprint density at radius 2 is 1.70 bits per heavy atom. The highest BCUT2D eigenvalue weighted by atomic mass is 35.5. The minimum Gasteiger partial charge on any atom is -0.492 e. The van der Waals surface area contributed by atoms with Gasteiger partial charge in [0, 0.05) is 0 Å². The third kappa shape index (κ3) is 5.64. The Balaban J connectivity index is 1.65. The zero-order valence-corrected chi connectivity index (χ0v) is 13.1. The Morgan fingerprint density at radius 1 is 1.00 bits per heavy atom. The van der Waals surface area contributed by atoms with Crippen molar-refractivity contribution in [1.29, 1.82) is 0 Å². The normalized spacial score (nSPS) is 9.96. The van der Waals surface area contributed by atoms with E-state index in [1.807, 2.05) is 30.3 Å². The first-order valence-corrected chi connectivity index (χ1v) is 7.41. The summed E-state index contributed by atoms with van der Waals surface area (Å²) in [7, 11) is 0. The first-order chi connectivity index (χ1) is 11.2. The van der Waals surface area contributed by atoms with Gasteiger partial charge in [-0.25, -0.2) is 4.79 Å². The van der Waals surface area contributed by atoms with Crippen molar-refractivity contribution in [2.45, 2.75) is 0 Å². The van der Waals surface area contributed by atoms with Crippen LogP contribution >= 0.6 is 11.6 Å². The first kappa shape index (κ1) is 16.8. The van der Waals surface area contributed by atoms with Gasteiger partial charge < -0.3 is 14.8 Å². The van der Waals surface area contributed by atoms with Crippen molar-refractivity contribution in [2.75, 3.05) is 19.8 Å². The first-order valence-electron chi connectivity index (χ1n) is 7.03. The second-order valence-electron chi connectivity index (χ2n) is 4.57. The quantitative estimate of drug-likeness (QED) is 0.625. The summed E-state index contributed by atoms with van der Waals surface area (Å²) in [4.78, 5) is 23.4. The van der Waals surface area contributed by atoms with Crippen molar-refractivity contribution in [1.82, 2.24) is 5.32 Å². The molecule has 120 valence electrons. The van der Waals surface area contributed by atoms with Crippen molar-refractivity contribution in [3.8, 4) is 5.75 Å². The van der Waals surface area contributed by atoms with Crippen molar-refractivity contribution in [2.24, 2.45) is 0 Å². The van der Waals surface area contributed by atoms with Crippen LogP contribution < -0.4 is 10.1 Å². The molecular weight excluding hydrogens is 318 g/mol. The Hall–Kier alpha value is -2.53. The summed E-state index contributed by atoms with van der Waals surface area (Å²) < 4.78 is 10.3. The number of benzene rings is 2. The number of rotatable bonds is 7. The van der Waals surface area contributed by atoms with E-state index in [0.29, 0.717) is 13.2 Å². The van der Waals surface area contributed by atoms with Crippen LogP contribution in [0.4, 0.5) is 0 Å². The number of para-hydroxylation sites is 1. The molecule has 0 saturated carbocycles. The van der Waals surface area contributed by atoms with Gasteiger partial charge in [-0.2, -0.15) is 0 Å². The molecule has 0 spiro atoms. The SMILES string of the molecule is O=C(COC(=O)c1ccccc1Cl)NCCOc1ccccc1. The number of nitrogens with one attached hydrogen (secondary N) is 1. The van der Waals surface area contributed by atoms with Crippen molar-refractivity contribution < 1.29 is 19.1 Å². The summed E-state index contributed by atoms with van der Waals surface area (Å²) in [5.41, 5.74) is 0.231. The standard InChI is InChI=1S/C17H16ClNO4/c18-15-9-5-4-8-14(15)17(21)23-12-16(20)19-10-11-22-13-6-2-1-3-7-13/h1-9H,10-12H2,(H,19,20). The molecule has 0 aliphatic heterocycles. The molecule has 0 heterocycles. The molecule has 0 radical (unpaired) electrons.